The summed E-state index contributed by atoms with van der Waals surface area (Å²) in [4.78, 5) is 2.54. The fraction of sp³-hybridized carbons (Fsp3) is 1.00. The highest BCUT2D eigenvalue weighted by Crippen LogP contribution is 2.32. The number of hydrogen-bond acceptors (Lipinski definition) is 3. The Bertz CT molecular complexity index is 268. The topological polar surface area (TPSA) is 24.5 Å². The molecule has 2 rings (SSSR count). The van der Waals surface area contributed by atoms with Crippen LogP contribution >= 0.6 is 0 Å². The van der Waals surface area contributed by atoms with Crippen molar-refractivity contribution in [1.29, 1.82) is 0 Å². The van der Waals surface area contributed by atoms with E-state index in [4.69, 9.17) is 4.74 Å². The maximum atomic E-state index is 6.10. The third kappa shape index (κ3) is 4.22. The Morgan fingerprint density at radius 1 is 1.17 bits per heavy atom. The molecule has 0 radical (unpaired) electrons. The number of hydrogen-bond donors (Lipinski definition) is 1. The van der Waals surface area contributed by atoms with Crippen LogP contribution in [0.2, 0.25) is 0 Å². The van der Waals surface area contributed by atoms with Crippen molar-refractivity contribution < 1.29 is 4.74 Å². The van der Waals surface area contributed by atoms with Gasteiger partial charge in [-0.3, -0.25) is 4.90 Å². The molecule has 0 aromatic rings. The summed E-state index contributed by atoms with van der Waals surface area (Å²) in [5, 5.41) is 3.66. The van der Waals surface area contributed by atoms with E-state index < -0.39 is 0 Å². The van der Waals surface area contributed by atoms with E-state index in [0.29, 0.717) is 6.04 Å². The summed E-state index contributed by atoms with van der Waals surface area (Å²) in [6.45, 7) is 15.4. The van der Waals surface area contributed by atoms with Gasteiger partial charge in [-0.2, -0.15) is 0 Å². The van der Waals surface area contributed by atoms with Gasteiger partial charge in [-0.05, 0) is 53.4 Å². The standard InChI is InChI=1S/C15H30N2O/c1-12(13-6-7-13)16-8-9-17-10-14(2,3)18-15(4,5)11-17/h12-13,16H,6-11H2,1-5H3. The molecular formula is C15H30N2O. The molecule has 0 aromatic heterocycles. The van der Waals surface area contributed by atoms with Crippen LogP contribution in [-0.2, 0) is 4.74 Å². The zero-order valence-electron chi connectivity index (χ0n) is 12.8. The second-order valence-corrected chi connectivity index (χ2v) is 7.41. The maximum Gasteiger partial charge on any atom is 0.0760 e. The third-order valence-corrected chi connectivity index (χ3v) is 3.98. The second kappa shape index (κ2) is 5.10. The predicted molar refractivity (Wildman–Crippen MR) is 75.9 cm³/mol. The molecule has 18 heavy (non-hydrogen) atoms. The zero-order chi connectivity index (χ0) is 13.4. The van der Waals surface area contributed by atoms with Crippen molar-refractivity contribution in [3.63, 3.8) is 0 Å². The van der Waals surface area contributed by atoms with Crippen molar-refractivity contribution in [1.82, 2.24) is 10.2 Å². The first kappa shape index (κ1) is 14.3. The first-order chi connectivity index (χ1) is 8.27. The van der Waals surface area contributed by atoms with Crippen molar-refractivity contribution in [3.05, 3.63) is 0 Å². The highest BCUT2D eigenvalue weighted by atomic mass is 16.5. The zero-order valence-corrected chi connectivity index (χ0v) is 12.8. The second-order valence-electron chi connectivity index (χ2n) is 7.41. The van der Waals surface area contributed by atoms with E-state index in [1.807, 2.05) is 0 Å². The van der Waals surface area contributed by atoms with Crippen LogP contribution in [0.3, 0.4) is 0 Å². The summed E-state index contributed by atoms with van der Waals surface area (Å²) in [6.07, 6.45) is 2.84. The van der Waals surface area contributed by atoms with E-state index >= 15 is 0 Å². The van der Waals surface area contributed by atoms with Crippen LogP contribution in [0.15, 0.2) is 0 Å². The molecule has 1 heterocycles. The van der Waals surface area contributed by atoms with Gasteiger partial charge in [0.1, 0.15) is 0 Å². The van der Waals surface area contributed by atoms with Gasteiger partial charge in [0, 0.05) is 32.2 Å². The fourth-order valence-corrected chi connectivity index (χ4v) is 3.32. The van der Waals surface area contributed by atoms with Crippen LogP contribution in [0.4, 0.5) is 0 Å². The smallest absolute Gasteiger partial charge is 0.0760 e. The Labute approximate surface area is 112 Å². The molecule has 1 N–H and O–H groups in total. The average Bonchev–Trinajstić information content (AvgIpc) is 2.94. The maximum absolute atomic E-state index is 6.10. The minimum atomic E-state index is -0.0239. The molecule has 1 saturated heterocycles. The summed E-state index contributed by atoms with van der Waals surface area (Å²) in [7, 11) is 0. The minimum absolute atomic E-state index is 0.0239. The van der Waals surface area contributed by atoms with Crippen LogP contribution < -0.4 is 5.32 Å². The van der Waals surface area contributed by atoms with E-state index in [1.54, 1.807) is 0 Å². The van der Waals surface area contributed by atoms with Gasteiger partial charge in [0.25, 0.3) is 0 Å². The Morgan fingerprint density at radius 3 is 2.22 bits per heavy atom. The first-order valence-electron chi connectivity index (χ1n) is 7.43. The normalized spacial score (nSPS) is 29.2. The van der Waals surface area contributed by atoms with Crippen molar-refractivity contribution in [3.8, 4) is 0 Å². The molecule has 0 bridgehead atoms. The van der Waals surface area contributed by atoms with Gasteiger partial charge in [0.15, 0.2) is 0 Å². The Hall–Kier alpha value is -0.120. The summed E-state index contributed by atoms with van der Waals surface area (Å²) < 4.78 is 6.10. The predicted octanol–water partition coefficient (Wildman–Crippen LogP) is 2.26. The molecule has 2 aliphatic rings. The lowest BCUT2D eigenvalue weighted by Crippen LogP contribution is -2.58. The van der Waals surface area contributed by atoms with Gasteiger partial charge in [-0.25, -0.2) is 0 Å². The fourth-order valence-electron chi connectivity index (χ4n) is 3.32. The molecule has 1 aliphatic heterocycles. The van der Waals surface area contributed by atoms with Crippen LogP contribution in [-0.4, -0.2) is 48.3 Å². The van der Waals surface area contributed by atoms with Gasteiger partial charge >= 0.3 is 0 Å². The highest BCUT2D eigenvalue weighted by molar-refractivity contribution is 4.89. The van der Waals surface area contributed by atoms with Crippen molar-refractivity contribution in [2.75, 3.05) is 26.2 Å². The summed E-state index contributed by atoms with van der Waals surface area (Å²) >= 11 is 0. The number of morpholine rings is 1. The summed E-state index contributed by atoms with van der Waals surface area (Å²) in [5.74, 6) is 0.947. The van der Waals surface area contributed by atoms with Gasteiger partial charge in [0.2, 0.25) is 0 Å². The molecule has 1 atom stereocenters. The monoisotopic (exact) mass is 254 g/mol. The number of nitrogens with one attached hydrogen (secondary N) is 1. The van der Waals surface area contributed by atoms with E-state index in [2.05, 4.69) is 44.8 Å². The SMILES string of the molecule is CC(NCCN1CC(C)(C)OC(C)(C)C1)C1CC1. The minimum Gasteiger partial charge on any atom is -0.367 e. The Kier molecular flexibility index (Phi) is 4.05. The van der Waals surface area contributed by atoms with Gasteiger partial charge in [-0.1, -0.05) is 0 Å². The van der Waals surface area contributed by atoms with Gasteiger partial charge < -0.3 is 10.1 Å². The molecule has 106 valence electrons. The number of nitrogens with zero attached hydrogens (tertiary/aromatic N) is 1. The van der Waals surface area contributed by atoms with Crippen LogP contribution in [0.25, 0.3) is 0 Å². The first-order valence-corrected chi connectivity index (χ1v) is 7.43. The molecule has 0 amide bonds. The summed E-state index contributed by atoms with van der Waals surface area (Å²) in [6, 6.07) is 0.701. The Balaban J connectivity index is 1.74. The molecule has 3 heteroatoms. The lowest BCUT2D eigenvalue weighted by atomic mass is 9.99. The van der Waals surface area contributed by atoms with E-state index in [9.17, 15) is 0 Å². The molecule has 0 spiro atoms. The van der Waals surface area contributed by atoms with E-state index in [0.717, 1.165) is 32.1 Å². The quantitative estimate of drug-likeness (QED) is 0.814. The molecular weight excluding hydrogens is 224 g/mol. The molecule has 1 saturated carbocycles. The molecule has 2 fully saturated rings. The van der Waals surface area contributed by atoms with Crippen molar-refractivity contribution >= 4 is 0 Å². The van der Waals surface area contributed by atoms with Crippen molar-refractivity contribution in [2.45, 2.75) is 64.7 Å². The molecule has 1 unspecified atom stereocenters. The molecule has 1 aliphatic carbocycles. The highest BCUT2D eigenvalue weighted by Gasteiger charge is 2.37. The van der Waals surface area contributed by atoms with Gasteiger partial charge in [0.05, 0.1) is 11.2 Å². The van der Waals surface area contributed by atoms with Gasteiger partial charge in [-0.15, -0.1) is 0 Å². The molecule has 0 aromatic carbocycles. The number of ether oxygens (including phenoxy) is 1. The average molecular weight is 254 g/mol. The van der Waals surface area contributed by atoms with E-state index in [-0.39, 0.29) is 11.2 Å². The summed E-state index contributed by atoms with van der Waals surface area (Å²) in [5.41, 5.74) is -0.0479. The van der Waals surface area contributed by atoms with Crippen LogP contribution in [0, 0.1) is 5.92 Å². The van der Waals surface area contributed by atoms with Crippen molar-refractivity contribution in [2.24, 2.45) is 5.92 Å². The number of rotatable bonds is 5. The van der Waals surface area contributed by atoms with Crippen LogP contribution in [0.5, 0.6) is 0 Å². The largest absolute Gasteiger partial charge is 0.367 e. The van der Waals surface area contributed by atoms with E-state index in [1.165, 1.54) is 12.8 Å². The lowest BCUT2D eigenvalue weighted by Gasteiger charge is -2.47. The Morgan fingerprint density at radius 2 is 1.72 bits per heavy atom. The lowest BCUT2D eigenvalue weighted by molar-refractivity contribution is -0.180. The molecule has 3 nitrogen and oxygen atoms in total. The third-order valence-electron chi connectivity index (χ3n) is 3.98. The van der Waals surface area contributed by atoms with Crippen LogP contribution in [0.1, 0.15) is 47.5 Å².